The lowest BCUT2D eigenvalue weighted by molar-refractivity contribution is -0.125. The maximum absolute atomic E-state index is 12.0. The molecule has 0 aliphatic carbocycles. The Hall–Kier alpha value is -1.52. The largest absolute Gasteiger partial charge is 0.369 e. The molecule has 0 saturated carbocycles. The van der Waals surface area contributed by atoms with Crippen molar-refractivity contribution in [2.24, 2.45) is 11.7 Å². The minimum absolute atomic E-state index is 0.162. The van der Waals surface area contributed by atoms with E-state index < -0.39 is 0 Å². The van der Waals surface area contributed by atoms with Gasteiger partial charge in [-0.15, -0.1) is 0 Å². The number of likely N-dealkylation sites (tertiary alicyclic amines) is 1. The van der Waals surface area contributed by atoms with Crippen LogP contribution in [0.25, 0.3) is 6.08 Å². The Morgan fingerprint density at radius 3 is 2.75 bits per heavy atom. The molecule has 1 aromatic rings. The van der Waals surface area contributed by atoms with Gasteiger partial charge in [0.25, 0.3) is 0 Å². The lowest BCUT2D eigenvalue weighted by Crippen LogP contribution is -2.30. The number of nitrogens with two attached hydrogens (primary N) is 1. The van der Waals surface area contributed by atoms with E-state index in [1.165, 1.54) is 6.08 Å². The third-order valence-corrected chi connectivity index (χ3v) is 3.85. The predicted octanol–water partition coefficient (Wildman–Crippen LogP) is 2.34. The highest BCUT2D eigenvalue weighted by atomic mass is 35.5. The van der Waals surface area contributed by atoms with E-state index in [4.69, 9.17) is 28.9 Å². The van der Waals surface area contributed by atoms with Crippen molar-refractivity contribution in [2.75, 3.05) is 13.1 Å². The summed E-state index contributed by atoms with van der Waals surface area (Å²) in [4.78, 5) is 24.7. The van der Waals surface area contributed by atoms with Gasteiger partial charge in [0.05, 0.1) is 5.92 Å². The van der Waals surface area contributed by atoms with E-state index in [0.29, 0.717) is 35.1 Å². The number of hydrogen-bond donors (Lipinski definition) is 1. The molecule has 0 radical (unpaired) electrons. The molecule has 1 aromatic carbocycles. The summed E-state index contributed by atoms with van der Waals surface area (Å²) in [5.74, 6) is -0.769. The fourth-order valence-corrected chi connectivity index (χ4v) is 2.46. The quantitative estimate of drug-likeness (QED) is 0.871. The summed E-state index contributed by atoms with van der Waals surface area (Å²) in [6.45, 7) is 0.918. The van der Waals surface area contributed by atoms with Crippen LogP contribution >= 0.6 is 23.2 Å². The van der Waals surface area contributed by atoms with Crippen LogP contribution in [-0.4, -0.2) is 29.8 Å². The second-order valence-electron chi connectivity index (χ2n) is 4.67. The zero-order valence-corrected chi connectivity index (χ0v) is 12.2. The predicted molar refractivity (Wildman–Crippen MR) is 79.4 cm³/mol. The van der Waals surface area contributed by atoms with Crippen molar-refractivity contribution in [1.29, 1.82) is 0 Å². The summed E-state index contributed by atoms with van der Waals surface area (Å²) >= 11 is 11.9. The molecule has 1 aliphatic rings. The molecule has 2 amide bonds. The van der Waals surface area contributed by atoms with E-state index in [-0.39, 0.29) is 17.7 Å². The van der Waals surface area contributed by atoms with Crippen LogP contribution in [0.2, 0.25) is 10.0 Å². The number of benzene rings is 1. The van der Waals surface area contributed by atoms with Gasteiger partial charge in [-0.1, -0.05) is 23.2 Å². The fraction of sp³-hybridized carbons (Fsp3) is 0.286. The van der Waals surface area contributed by atoms with Gasteiger partial charge in [0, 0.05) is 29.2 Å². The average Bonchev–Trinajstić information content (AvgIpc) is 2.89. The van der Waals surface area contributed by atoms with Gasteiger partial charge in [-0.25, -0.2) is 0 Å². The highest BCUT2D eigenvalue weighted by molar-refractivity contribution is 6.34. The Morgan fingerprint density at radius 1 is 1.35 bits per heavy atom. The van der Waals surface area contributed by atoms with Crippen LogP contribution in [0.1, 0.15) is 12.0 Å². The topological polar surface area (TPSA) is 63.4 Å². The lowest BCUT2D eigenvalue weighted by Gasteiger charge is -2.13. The SMILES string of the molecule is NC(=O)C1CCN(C(=O)C=Cc2cc(Cl)ccc2Cl)C1. The number of carbonyl (C=O) groups is 2. The number of hydrogen-bond acceptors (Lipinski definition) is 2. The fourth-order valence-electron chi connectivity index (χ4n) is 2.10. The van der Waals surface area contributed by atoms with Crippen LogP contribution in [0, 0.1) is 5.92 Å². The minimum Gasteiger partial charge on any atom is -0.369 e. The molecule has 2 rings (SSSR count). The van der Waals surface area contributed by atoms with Crippen molar-refractivity contribution < 1.29 is 9.59 Å². The maximum atomic E-state index is 12.0. The summed E-state index contributed by atoms with van der Waals surface area (Å²) in [5.41, 5.74) is 5.91. The first-order valence-corrected chi connectivity index (χ1v) is 6.94. The average molecular weight is 313 g/mol. The standard InChI is InChI=1S/C14H14Cl2N2O2/c15-11-2-3-12(16)9(7-11)1-4-13(19)18-6-5-10(8-18)14(17)20/h1-4,7,10H,5-6,8H2,(H2,17,20). The van der Waals surface area contributed by atoms with Crippen molar-refractivity contribution in [1.82, 2.24) is 4.90 Å². The van der Waals surface area contributed by atoms with Gasteiger partial charge < -0.3 is 10.6 Å². The van der Waals surface area contributed by atoms with Crippen LogP contribution in [0.15, 0.2) is 24.3 Å². The van der Waals surface area contributed by atoms with Crippen LogP contribution in [0.4, 0.5) is 0 Å². The molecular formula is C14H14Cl2N2O2. The van der Waals surface area contributed by atoms with E-state index in [2.05, 4.69) is 0 Å². The number of halogens is 2. The van der Waals surface area contributed by atoms with Gasteiger partial charge in [0.2, 0.25) is 11.8 Å². The Kier molecular flexibility index (Phi) is 4.68. The zero-order chi connectivity index (χ0) is 14.7. The zero-order valence-electron chi connectivity index (χ0n) is 10.7. The first-order chi connectivity index (χ1) is 9.47. The third kappa shape index (κ3) is 3.52. The summed E-state index contributed by atoms with van der Waals surface area (Å²) in [5, 5.41) is 1.08. The van der Waals surface area contributed by atoms with Crippen LogP contribution < -0.4 is 5.73 Å². The third-order valence-electron chi connectivity index (χ3n) is 3.27. The molecule has 0 bridgehead atoms. The van der Waals surface area contributed by atoms with E-state index in [0.717, 1.165) is 0 Å². The second-order valence-corrected chi connectivity index (χ2v) is 5.52. The summed E-state index contributed by atoms with van der Waals surface area (Å²) in [6.07, 6.45) is 3.67. The second kappa shape index (κ2) is 6.29. The van der Waals surface area contributed by atoms with Crippen LogP contribution in [0.5, 0.6) is 0 Å². The summed E-state index contributed by atoms with van der Waals surface area (Å²) in [7, 11) is 0. The first-order valence-electron chi connectivity index (χ1n) is 6.18. The molecule has 2 N–H and O–H groups in total. The van der Waals surface area contributed by atoms with Gasteiger partial charge in [-0.2, -0.15) is 0 Å². The van der Waals surface area contributed by atoms with E-state index in [1.54, 1.807) is 29.2 Å². The summed E-state index contributed by atoms with van der Waals surface area (Å²) in [6, 6.07) is 5.04. The van der Waals surface area contributed by atoms with Gasteiger partial charge in [0.15, 0.2) is 0 Å². The van der Waals surface area contributed by atoms with Crippen molar-refractivity contribution in [2.45, 2.75) is 6.42 Å². The molecule has 106 valence electrons. The molecular weight excluding hydrogens is 299 g/mol. The molecule has 20 heavy (non-hydrogen) atoms. The molecule has 0 spiro atoms. The molecule has 0 aromatic heterocycles. The van der Waals surface area contributed by atoms with E-state index in [9.17, 15) is 9.59 Å². The van der Waals surface area contributed by atoms with Gasteiger partial charge >= 0.3 is 0 Å². The number of amides is 2. The summed E-state index contributed by atoms with van der Waals surface area (Å²) < 4.78 is 0. The van der Waals surface area contributed by atoms with Crippen LogP contribution in [0.3, 0.4) is 0 Å². The smallest absolute Gasteiger partial charge is 0.246 e. The number of rotatable bonds is 3. The van der Waals surface area contributed by atoms with E-state index >= 15 is 0 Å². The molecule has 1 aliphatic heterocycles. The van der Waals surface area contributed by atoms with E-state index in [1.807, 2.05) is 0 Å². The highest BCUT2D eigenvalue weighted by Crippen LogP contribution is 2.22. The molecule has 1 fully saturated rings. The minimum atomic E-state index is -0.359. The van der Waals surface area contributed by atoms with Crippen molar-refractivity contribution >= 4 is 41.1 Å². The number of nitrogens with zero attached hydrogens (tertiary/aromatic N) is 1. The molecule has 1 heterocycles. The Bertz CT molecular complexity index is 572. The van der Waals surface area contributed by atoms with Crippen molar-refractivity contribution in [3.05, 3.63) is 39.9 Å². The first kappa shape index (κ1) is 14.9. The van der Waals surface area contributed by atoms with Gasteiger partial charge in [0.1, 0.15) is 0 Å². The highest BCUT2D eigenvalue weighted by Gasteiger charge is 2.28. The normalized spacial score (nSPS) is 18.7. The molecule has 1 saturated heterocycles. The van der Waals surface area contributed by atoms with Crippen molar-refractivity contribution in [3.8, 4) is 0 Å². The van der Waals surface area contributed by atoms with Gasteiger partial charge in [-0.05, 0) is 36.3 Å². The Morgan fingerprint density at radius 2 is 2.10 bits per heavy atom. The van der Waals surface area contributed by atoms with Crippen LogP contribution in [-0.2, 0) is 9.59 Å². The maximum Gasteiger partial charge on any atom is 0.246 e. The van der Waals surface area contributed by atoms with Gasteiger partial charge in [-0.3, -0.25) is 9.59 Å². The van der Waals surface area contributed by atoms with Crippen molar-refractivity contribution in [3.63, 3.8) is 0 Å². The lowest BCUT2D eigenvalue weighted by atomic mass is 10.1. The molecule has 1 atom stereocenters. The number of primary amides is 1. The monoisotopic (exact) mass is 312 g/mol. The number of carbonyl (C=O) groups excluding carboxylic acids is 2. The molecule has 4 nitrogen and oxygen atoms in total. The molecule has 6 heteroatoms. The Balaban J connectivity index is 2.03. The Labute approximate surface area is 127 Å². The molecule has 1 unspecified atom stereocenters.